The van der Waals surface area contributed by atoms with Crippen molar-refractivity contribution < 1.29 is 9.53 Å². The number of halogens is 1. The molecule has 0 aliphatic carbocycles. The molecule has 3 N–H and O–H groups in total. The van der Waals surface area contributed by atoms with E-state index in [0.29, 0.717) is 17.0 Å². The summed E-state index contributed by atoms with van der Waals surface area (Å²) in [7, 11) is 1.59. The van der Waals surface area contributed by atoms with Crippen molar-refractivity contribution in [3.63, 3.8) is 0 Å². The number of nitrogens with zero attached hydrogens (tertiary/aromatic N) is 1. The first-order valence-electron chi connectivity index (χ1n) is 6.77. The molecule has 118 valence electrons. The smallest absolute Gasteiger partial charge is 0.250 e. The second-order valence-corrected chi connectivity index (χ2v) is 4.77. The summed E-state index contributed by atoms with van der Waals surface area (Å²) in [5.74, 6) is 0.186. The van der Waals surface area contributed by atoms with Crippen LogP contribution < -0.4 is 10.5 Å². The number of ether oxygens (including phenoxy) is 1. The van der Waals surface area contributed by atoms with Gasteiger partial charge >= 0.3 is 0 Å². The summed E-state index contributed by atoms with van der Waals surface area (Å²) in [6, 6.07) is 13.0. The minimum Gasteiger partial charge on any atom is -0.496 e. The van der Waals surface area contributed by atoms with Crippen LogP contribution in [-0.2, 0) is 0 Å². The summed E-state index contributed by atoms with van der Waals surface area (Å²) < 4.78 is 5.37. The van der Waals surface area contributed by atoms with E-state index in [0.717, 1.165) is 16.8 Å². The zero-order chi connectivity index (χ0) is 15.5. The van der Waals surface area contributed by atoms with Gasteiger partial charge in [-0.25, -0.2) is 0 Å². The Balaban J connectivity index is 0.00000192. The molecule has 0 unspecified atom stereocenters. The monoisotopic (exact) mass is 329 g/mol. The molecule has 1 amide bonds. The number of hydrogen-bond acceptors (Lipinski definition) is 3. The predicted molar refractivity (Wildman–Crippen MR) is 91.8 cm³/mol. The quantitative estimate of drug-likeness (QED) is 0.770. The lowest BCUT2D eigenvalue weighted by atomic mass is 10.1. The van der Waals surface area contributed by atoms with E-state index in [1.165, 1.54) is 0 Å². The van der Waals surface area contributed by atoms with E-state index in [9.17, 15) is 4.79 Å². The number of amides is 1. The molecule has 0 aliphatic rings. The molecule has 6 heteroatoms. The van der Waals surface area contributed by atoms with Gasteiger partial charge in [-0.05, 0) is 30.3 Å². The summed E-state index contributed by atoms with van der Waals surface area (Å²) in [5.41, 5.74) is 9.12. The Bertz CT molecular complexity index is 816. The minimum absolute atomic E-state index is 0. The van der Waals surface area contributed by atoms with Gasteiger partial charge in [0.15, 0.2) is 0 Å². The number of aromatic amines is 1. The van der Waals surface area contributed by atoms with Crippen molar-refractivity contribution in [1.82, 2.24) is 9.97 Å². The maximum absolute atomic E-state index is 11.8. The van der Waals surface area contributed by atoms with E-state index in [4.69, 9.17) is 10.5 Å². The summed E-state index contributed by atoms with van der Waals surface area (Å²) in [4.78, 5) is 19.0. The average molecular weight is 330 g/mol. The maximum atomic E-state index is 11.8. The molecule has 0 atom stereocenters. The highest BCUT2D eigenvalue weighted by molar-refractivity contribution is 6.01. The van der Waals surface area contributed by atoms with E-state index < -0.39 is 5.91 Å². The zero-order valence-corrected chi connectivity index (χ0v) is 13.3. The molecule has 2 aromatic heterocycles. The number of nitrogens with two attached hydrogens (primary N) is 1. The van der Waals surface area contributed by atoms with Crippen LogP contribution in [0.1, 0.15) is 10.4 Å². The van der Waals surface area contributed by atoms with Gasteiger partial charge in [0.25, 0.3) is 5.91 Å². The molecular formula is C17H16ClN3O2. The van der Waals surface area contributed by atoms with E-state index in [2.05, 4.69) is 9.97 Å². The molecule has 3 rings (SSSR count). The SMILES string of the molecule is COc1ccccc1-c1[nH]c(-c2ccncc2)cc1C(N)=O.Cl. The number of primary amides is 1. The number of rotatable bonds is 4. The fourth-order valence-electron chi connectivity index (χ4n) is 2.40. The standard InChI is InChI=1S/C17H15N3O2.ClH/c1-22-15-5-3-2-4-12(15)16-13(17(18)21)10-14(20-16)11-6-8-19-9-7-11;/h2-10,20H,1H3,(H2,18,21);1H. The number of H-pyrrole nitrogens is 1. The maximum Gasteiger partial charge on any atom is 0.250 e. The topological polar surface area (TPSA) is 81.0 Å². The Labute approximate surface area is 139 Å². The number of nitrogens with one attached hydrogen (secondary N) is 1. The van der Waals surface area contributed by atoms with Crippen molar-refractivity contribution in [2.24, 2.45) is 5.73 Å². The molecule has 0 fully saturated rings. The predicted octanol–water partition coefficient (Wildman–Crippen LogP) is 3.27. The third-order valence-electron chi connectivity index (χ3n) is 3.45. The van der Waals surface area contributed by atoms with Crippen molar-refractivity contribution in [2.75, 3.05) is 7.11 Å². The van der Waals surface area contributed by atoms with E-state index in [1.807, 2.05) is 36.4 Å². The number of hydrogen-bond donors (Lipinski definition) is 2. The van der Waals surface area contributed by atoms with Crippen LogP contribution in [0.4, 0.5) is 0 Å². The van der Waals surface area contributed by atoms with Crippen LogP contribution in [-0.4, -0.2) is 23.0 Å². The summed E-state index contributed by atoms with van der Waals surface area (Å²) >= 11 is 0. The molecule has 3 aromatic rings. The fourth-order valence-corrected chi connectivity index (χ4v) is 2.40. The van der Waals surface area contributed by atoms with Crippen molar-refractivity contribution in [2.45, 2.75) is 0 Å². The van der Waals surface area contributed by atoms with E-state index in [1.54, 1.807) is 25.6 Å². The molecule has 0 saturated heterocycles. The van der Waals surface area contributed by atoms with Crippen molar-refractivity contribution >= 4 is 18.3 Å². The molecule has 23 heavy (non-hydrogen) atoms. The second-order valence-electron chi connectivity index (χ2n) is 4.77. The first-order valence-corrected chi connectivity index (χ1v) is 6.77. The lowest BCUT2D eigenvalue weighted by molar-refractivity contribution is 0.100. The Hall–Kier alpha value is -2.79. The number of aromatic nitrogens is 2. The van der Waals surface area contributed by atoms with Crippen LogP contribution in [0.15, 0.2) is 54.9 Å². The highest BCUT2D eigenvalue weighted by Gasteiger charge is 2.18. The number of pyridine rings is 1. The van der Waals surface area contributed by atoms with Gasteiger partial charge < -0.3 is 15.5 Å². The van der Waals surface area contributed by atoms with Gasteiger partial charge in [0, 0.05) is 29.2 Å². The largest absolute Gasteiger partial charge is 0.496 e. The van der Waals surface area contributed by atoms with Gasteiger partial charge in [-0.2, -0.15) is 0 Å². The second kappa shape index (κ2) is 6.98. The Morgan fingerprint density at radius 1 is 1.17 bits per heavy atom. The highest BCUT2D eigenvalue weighted by atomic mass is 35.5. The molecule has 0 saturated carbocycles. The lowest BCUT2D eigenvalue weighted by Gasteiger charge is -2.08. The molecule has 1 aromatic carbocycles. The van der Waals surface area contributed by atoms with Crippen molar-refractivity contribution in [3.05, 3.63) is 60.4 Å². The van der Waals surface area contributed by atoms with Gasteiger partial charge in [0.1, 0.15) is 5.75 Å². The number of methoxy groups -OCH3 is 1. The third kappa shape index (κ3) is 3.19. The fraction of sp³-hybridized carbons (Fsp3) is 0.0588. The van der Waals surface area contributed by atoms with Crippen LogP contribution in [0, 0.1) is 0 Å². The average Bonchev–Trinajstić information content (AvgIpc) is 3.01. The number of benzene rings is 1. The summed E-state index contributed by atoms with van der Waals surface area (Å²) in [6.07, 6.45) is 3.39. The third-order valence-corrected chi connectivity index (χ3v) is 3.45. The molecule has 0 bridgehead atoms. The highest BCUT2D eigenvalue weighted by Crippen LogP contribution is 2.34. The van der Waals surface area contributed by atoms with Gasteiger partial charge in [0.05, 0.1) is 18.4 Å². The molecule has 0 aliphatic heterocycles. The zero-order valence-electron chi connectivity index (χ0n) is 12.4. The van der Waals surface area contributed by atoms with Crippen molar-refractivity contribution in [1.29, 1.82) is 0 Å². The van der Waals surface area contributed by atoms with Crippen LogP contribution in [0.3, 0.4) is 0 Å². The van der Waals surface area contributed by atoms with Crippen LogP contribution in [0.5, 0.6) is 5.75 Å². The van der Waals surface area contributed by atoms with Crippen LogP contribution in [0.25, 0.3) is 22.5 Å². The van der Waals surface area contributed by atoms with E-state index >= 15 is 0 Å². The van der Waals surface area contributed by atoms with Gasteiger partial charge in [-0.1, -0.05) is 12.1 Å². The Morgan fingerprint density at radius 2 is 1.87 bits per heavy atom. The lowest BCUT2D eigenvalue weighted by Crippen LogP contribution is -2.11. The summed E-state index contributed by atoms with van der Waals surface area (Å²) in [6.45, 7) is 0. The molecular weight excluding hydrogens is 314 g/mol. The van der Waals surface area contributed by atoms with Gasteiger partial charge in [-0.3, -0.25) is 9.78 Å². The minimum atomic E-state index is -0.488. The Morgan fingerprint density at radius 3 is 2.52 bits per heavy atom. The molecule has 2 heterocycles. The molecule has 5 nitrogen and oxygen atoms in total. The van der Waals surface area contributed by atoms with Gasteiger partial charge in [-0.15, -0.1) is 12.4 Å². The normalized spacial score (nSPS) is 9.96. The molecule has 0 radical (unpaired) electrons. The Kier molecular flexibility index (Phi) is 5.03. The van der Waals surface area contributed by atoms with Gasteiger partial charge in [0.2, 0.25) is 0 Å². The van der Waals surface area contributed by atoms with Crippen molar-refractivity contribution in [3.8, 4) is 28.3 Å². The first-order chi connectivity index (χ1) is 10.7. The van der Waals surface area contributed by atoms with Crippen LogP contribution >= 0.6 is 12.4 Å². The first kappa shape index (κ1) is 16.6. The van der Waals surface area contributed by atoms with E-state index in [-0.39, 0.29) is 12.4 Å². The summed E-state index contributed by atoms with van der Waals surface area (Å²) in [5, 5.41) is 0. The number of carbonyl (C=O) groups is 1. The number of carbonyl (C=O) groups excluding carboxylic acids is 1. The molecule has 0 spiro atoms. The number of para-hydroxylation sites is 1. The van der Waals surface area contributed by atoms with Crippen LogP contribution in [0.2, 0.25) is 0 Å².